The molecule has 0 aliphatic heterocycles. The van der Waals surface area contributed by atoms with Crippen molar-refractivity contribution in [2.45, 2.75) is 47.8 Å². The molecule has 1 aromatic carbocycles. The average molecular weight is 447 g/mol. The van der Waals surface area contributed by atoms with Crippen LogP contribution in [-0.4, -0.2) is 26.6 Å². The van der Waals surface area contributed by atoms with E-state index >= 15 is 0 Å². The zero-order chi connectivity index (χ0) is 22.0. The maximum absolute atomic E-state index is 12.4. The van der Waals surface area contributed by atoms with Gasteiger partial charge in [-0.3, -0.25) is 19.2 Å². The lowest BCUT2D eigenvalue weighted by Crippen LogP contribution is -2.24. The van der Waals surface area contributed by atoms with Crippen LogP contribution in [0.3, 0.4) is 0 Å². The molecule has 158 valence electrons. The molecular formula is C21H23ClN4O3S. The molecule has 0 aliphatic carbocycles. The zero-order valence-electron chi connectivity index (χ0n) is 17.5. The molecule has 2 heterocycles. The molecule has 0 aliphatic rings. The highest BCUT2D eigenvalue weighted by molar-refractivity contribution is 7.14. The van der Waals surface area contributed by atoms with E-state index in [-0.39, 0.29) is 19.1 Å². The maximum atomic E-state index is 12.4. The number of carbonyl (C=O) groups is 2. The number of anilines is 2. The predicted molar refractivity (Wildman–Crippen MR) is 117 cm³/mol. The fourth-order valence-corrected chi connectivity index (χ4v) is 4.46. The van der Waals surface area contributed by atoms with Gasteiger partial charge >= 0.3 is 5.97 Å². The molecule has 2 aromatic heterocycles. The number of rotatable bonds is 6. The summed E-state index contributed by atoms with van der Waals surface area (Å²) in [4.78, 5) is 30.5. The van der Waals surface area contributed by atoms with E-state index in [1.165, 1.54) is 23.2 Å². The van der Waals surface area contributed by atoms with Gasteiger partial charge in [-0.15, -0.1) is 11.3 Å². The molecule has 1 amide bonds. The number of ether oxygens (including phenoxy) is 1. The van der Waals surface area contributed by atoms with Gasteiger partial charge in [0.15, 0.2) is 5.13 Å². The van der Waals surface area contributed by atoms with Crippen molar-refractivity contribution in [2.75, 3.05) is 4.90 Å². The molecule has 0 bridgehead atoms. The Labute approximate surface area is 184 Å². The van der Waals surface area contributed by atoms with Crippen LogP contribution in [0.4, 0.5) is 10.8 Å². The lowest BCUT2D eigenvalue weighted by Gasteiger charge is -2.22. The minimum Gasteiger partial charge on any atom is -0.458 e. The monoisotopic (exact) mass is 446 g/mol. The summed E-state index contributed by atoms with van der Waals surface area (Å²) in [6.07, 6.45) is 0. The topological polar surface area (TPSA) is 77.3 Å². The van der Waals surface area contributed by atoms with Crippen LogP contribution in [-0.2, 0) is 27.5 Å². The number of aromatic nitrogens is 3. The van der Waals surface area contributed by atoms with Gasteiger partial charge in [0.25, 0.3) is 0 Å². The molecule has 0 radical (unpaired) electrons. The lowest BCUT2D eigenvalue weighted by atomic mass is 10.1. The van der Waals surface area contributed by atoms with Crippen molar-refractivity contribution in [2.24, 2.45) is 0 Å². The van der Waals surface area contributed by atoms with E-state index in [0.717, 1.165) is 22.5 Å². The van der Waals surface area contributed by atoms with Gasteiger partial charge < -0.3 is 4.74 Å². The largest absolute Gasteiger partial charge is 0.458 e. The molecule has 30 heavy (non-hydrogen) atoms. The molecule has 7 nitrogen and oxygen atoms in total. The van der Waals surface area contributed by atoms with E-state index in [9.17, 15) is 9.59 Å². The second kappa shape index (κ2) is 8.97. The SMILES string of the molecule is CC(=O)N(c1nc(COC(=O)Cn2nc(C)cc2C)cs1)c1c(C)cc(C)cc1Cl. The van der Waals surface area contributed by atoms with E-state index in [0.29, 0.717) is 21.5 Å². The number of esters is 1. The number of hydrogen-bond acceptors (Lipinski definition) is 6. The number of benzene rings is 1. The highest BCUT2D eigenvalue weighted by atomic mass is 35.5. The summed E-state index contributed by atoms with van der Waals surface area (Å²) < 4.78 is 6.93. The van der Waals surface area contributed by atoms with Crippen molar-refractivity contribution in [1.82, 2.24) is 14.8 Å². The first-order chi connectivity index (χ1) is 14.2. The van der Waals surface area contributed by atoms with Crippen molar-refractivity contribution in [3.05, 3.63) is 56.8 Å². The van der Waals surface area contributed by atoms with Gasteiger partial charge in [0.2, 0.25) is 5.91 Å². The predicted octanol–water partition coefficient (Wildman–Crippen LogP) is 4.65. The molecular weight excluding hydrogens is 424 g/mol. The molecule has 0 fully saturated rings. The summed E-state index contributed by atoms with van der Waals surface area (Å²) in [5.41, 5.74) is 4.80. The Morgan fingerprint density at radius 1 is 1.20 bits per heavy atom. The van der Waals surface area contributed by atoms with Crippen LogP contribution in [0, 0.1) is 27.7 Å². The van der Waals surface area contributed by atoms with Crippen molar-refractivity contribution < 1.29 is 14.3 Å². The molecule has 9 heteroatoms. The average Bonchev–Trinajstić information content (AvgIpc) is 3.22. The number of carbonyl (C=O) groups excluding carboxylic acids is 2. The van der Waals surface area contributed by atoms with Crippen LogP contribution in [0.15, 0.2) is 23.6 Å². The summed E-state index contributed by atoms with van der Waals surface area (Å²) in [5, 5.41) is 6.97. The number of thiazole rings is 1. The Kier molecular flexibility index (Phi) is 6.58. The van der Waals surface area contributed by atoms with Crippen LogP contribution < -0.4 is 4.90 Å². The van der Waals surface area contributed by atoms with Crippen molar-refractivity contribution in [3.8, 4) is 0 Å². The third-order valence-corrected chi connectivity index (χ3v) is 5.59. The van der Waals surface area contributed by atoms with Crippen LogP contribution in [0.1, 0.15) is 35.1 Å². The first-order valence-electron chi connectivity index (χ1n) is 9.34. The Morgan fingerprint density at radius 2 is 1.93 bits per heavy atom. The van der Waals surface area contributed by atoms with Gasteiger partial charge in [-0.1, -0.05) is 17.7 Å². The standard InChI is InChI=1S/C21H23ClN4O3S/c1-12-6-13(2)20(18(22)7-12)26(16(5)27)21-23-17(11-30-21)10-29-19(28)9-25-15(4)8-14(3)24-25/h6-8,11H,9-10H2,1-5H3. The molecule has 0 spiro atoms. The minimum absolute atomic E-state index is 0.0149. The number of amides is 1. The zero-order valence-corrected chi connectivity index (χ0v) is 19.1. The Balaban J connectivity index is 1.73. The first-order valence-corrected chi connectivity index (χ1v) is 10.6. The number of nitrogens with zero attached hydrogens (tertiary/aromatic N) is 4. The molecule has 0 saturated carbocycles. The summed E-state index contributed by atoms with van der Waals surface area (Å²) in [6.45, 7) is 9.12. The molecule has 0 unspecified atom stereocenters. The molecule has 0 atom stereocenters. The van der Waals surface area contributed by atoms with E-state index in [1.54, 1.807) is 10.1 Å². The van der Waals surface area contributed by atoms with Crippen molar-refractivity contribution in [3.63, 3.8) is 0 Å². The van der Waals surface area contributed by atoms with Gasteiger partial charge in [0, 0.05) is 18.0 Å². The third-order valence-electron chi connectivity index (χ3n) is 4.43. The summed E-state index contributed by atoms with van der Waals surface area (Å²) >= 11 is 7.72. The number of hydrogen-bond donors (Lipinski definition) is 0. The van der Waals surface area contributed by atoms with Crippen molar-refractivity contribution in [1.29, 1.82) is 0 Å². The van der Waals surface area contributed by atoms with E-state index in [4.69, 9.17) is 16.3 Å². The van der Waals surface area contributed by atoms with E-state index in [2.05, 4.69) is 10.1 Å². The van der Waals surface area contributed by atoms with Crippen LogP contribution >= 0.6 is 22.9 Å². The Bertz CT molecular complexity index is 1080. The van der Waals surface area contributed by atoms with Gasteiger partial charge in [0.1, 0.15) is 13.2 Å². The van der Waals surface area contributed by atoms with Crippen LogP contribution in [0.5, 0.6) is 0 Å². The van der Waals surface area contributed by atoms with Gasteiger partial charge in [-0.2, -0.15) is 5.10 Å². The van der Waals surface area contributed by atoms with Gasteiger partial charge in [-0.05, 0) is 51.0 Å². The second-order valence-corrected chi connectivity index (χ2v) is 8.38. The molecule has 3 rings (SSSR count). The van der Waals surface area contributed by atoms with Crippen LogP contribution in [0.25, 0.3) is 0 Å². The van der Waals surface area contributed by atoms with E-state index < -0.39 is 5.97 Å². The highest BCUT2D eigenvalue weighted by Gasteiger charge is 2.23. The van der Waals surface area contributed by atoms with E-state index in [1.807, 2.05) is 45.9 Å². The molecule has 3 aromatic rings. The fourth-order valence-electron chi connectivity index (χ4n) is 3.20. The first kappa shape index (κ1) is 22.0. The van der Waals surface area contributed by atoms with Gasteiger partial charge in [-0.25, -0.2) is 4.98 Å². The minimum atomic E-state index is -0.406. The van der Waals surface area contributed by atoms with Crippen LogP contribution in [0.2, 0.25) is 5.02 Å². The summed E-state index contributed by atoms with van der Waals surface area (Å²) in [6, 6.07) is 5.68. The normalized spacial score (nSPS) is 10.9. The Morgan fingerprint density at radius 3 is 2.53 bits per heavy atom. The number of aryl methyl sites for hydroxylation is 4. The quantitative estimate of drug-likeness (QED) is 0.515. The van der Waals surface area contributed by atoms with Crippen molar-refractivity contribution >= 4 is 45.6 Å². The Hall–Kier alpha value is -2.71. The number of halogens is 1. The van der Waals surface area contributed by atoms with Gasteiger partial charge in [0.05, 0.1) is 22.1 Å². The fraction of sp³-hybridized carbons (Fsp3) is 0.333. The molecule has 0 saturated heterocycles. The highest BCUT2D eigenvalue weighted by Crippen LogP contribution is 2.37. The molecule has 0 N–H and O–H groups in total. The maximum Gasteiger partial charge on any atom is 0.328 e. The summed E-state index contributed by atoms with van der Waals surface area (Å²) in [5.74, 6) is -0.608. The lowest BCUT2D eigenvalue weighted by molar-refractivity contribution is -0.146. The third kappa shape index (κ3) is 4.88. The smallest absolute Gasteiger partial charge is 0.328 e. The summed E-state index contributed by atoms with van der Waals surface area (Å²) in [7, 11) is 0. The second-order valence-electron chi connectivity index (χ2n) is 7.13.